The highest BCUT2D eigenvalue weighted by Crippen LogP contribution is 2.11. The van der Waals surface area contributed by atoms with Gasteiger partial charge in [-0.25, -0.2) is 4.39 Å². The van der Waals surface area contributed by atoms with Gasteiger partial charge >= 0.3 is 0 Å². The molecule has 0 aromatic heterocycles. The van der Waals surface area contributed by atoms with Crippen molar-refractivity contribution in [2.24, 2.45) is 0 Å². The van der Waals surface area contributed by atoms with Crippen LogP contribution in [-0.2, 0) is 0 Å². The number of benzene rings is 2. The van der Waals surface area contributed by atoms with Gasteiger partial charge < -0.3 is 5.32 Å². The maximum atomic E-state index is 13.1. The van der Waals surface area contributed by atoms with Gasteiger partial charge in [-0.1, -0.05) is 23.8 Å². The lowest BCUT2D eigenvalue weighted by molar-refractivity contribution is 0.0977. The number of amides is 1. The first kappa shape index (κ1) is 15.1. The molecule has 0 atom stereocenters. The largest absolute Gasteiger partial charge is 0.332 e. The molecule has 1 amide bonds. The van der Waals surface area contributed by atoms with Crippen LogP contribution in [0.25, 0.3) is 0 Å². The van der Waals surface area contributed by atoms with Crippen LogP contribution < -0.4 is 10.6 Å². The molecule has 0 bridgehead atoms. The number of hydrogen-bond donors (Lipinski definition) is 2. The summed E-state index contributed by atoms with van der Waals surface area (Å²) in [4.78, 5) is 12.1. The van der Waals surface area contributed by atoms with Crippen molar-refractivity contribution in [1.82, 2.24) is 5.32 Å². The Morgan fingerprint density at radius 2 is 1.90 bits per heavy atom. The van der Waals surface area contributed by atoms with Crippen LogP contribution in [0, 0.1) is 19.7 Å². The molecule has 0 heterocycles. The third kappa shape index (κ3) is 4.10. The van der Waals surface area contributed by atoms with Gasteiger partial charge in [-0.15, -0.1) is 0 Å². The van der Waals surface area contributed by atoms with Crippen LogP contribution in [0.15, 0.2) is 42.5 Å². The average molecular weight is 302 g/mol. The summed E-state index contributed by atoms with van der Waals surface area (Å²) in [7, 11) is 0. The predicted octanol–water partition coefficient (Wildman–Crippen LogP) is 3.57. The van der Waals surface area contributed by atoms with Crippen molar-refractivity contribution in [3.05, 3.63) is 65.0 Å². The molecule has 2 aromatic carbocycles. The minimum Gasteiger partial charge on any atom is -0.332 e. The van der Waals surface area contributed by atoms with E-state index >= 15 is 0 Å². The molecule has 0 radical (unpaired) electrons. The van der Waals surface area contributed by atoms with Gasteiger partial charge in [0.05, 0.1) is 0 Å². The van der Waals surface area contributed by atoms with Gasteiger partial charge in [0.1, 0.15) is 5.82 Å². The zero-order valence-corrected chi connectivity index (χ0v) is 12.6. The molecule has 108 valence electrons. The monoisotopic (exact) mass is 302 g/mol. The zero-order valence-electron chi connectivity index (χ0n) is 11.7. The summed E-state index contributed by atoms with van der Waals surface area (Å²) < 4.78 is 13.1. The van der Waals surface area contributed by atoms with Gasteiger partial charge in [0, 0.05) is 11.3 Å². The minimum absolute atomic E-state index is 0.130. The number of hydrogen-bond acceptors (Lipinski definition) is 2. The Balaban J connectivity index is 2.04. The van der Waals surface area contributed by atoms with Crippen molar-refractivity contribution >= 4 is 28.9 Å². The van der Waals surface area contributed by atoms with Crippen molar-refractivity contribution in [2.45, 2.75) is 13.8 Å². The van der Waals surface area contributed by atoms with Crippen LogP contribution in [0.5, 0.6) is 0 Å². The molecule has 0 saturated heterocycles. The second-order valence-corrected chi connectivity index (χ2v) is 5.15. The molecule has 0 spiro atoms. The molecule has 5 heteroatoms. The van der Waals surface area contributed by atoms with E-state index in [9.17, 15) is 9.18 Å². The third-order valence-electron chi connectivity index (χ3n) is 2.94. The van der Waals surface area contributed by atoms with E-state index in [2.05, 4.69) is 10.6 Å². The lowest BCUT2D eigenvalue weighted by atomic mass is 10.1. The van der Waals surface area contributed by atoms with E-state index in [1.165, 1.54) is 12.1 Å². The molecule has 0 saturated carbocycles. The SMILES string of the molecule is Cc1ccc(C(=O)NC(=S)Nc2cccc(F)c2)c(C)c1. The van der Waals surface area contributed by atoms with Gasteiger partial charge in [0.2, 0.25) is 0 Å². The highest BCUT2D eigenvalue weighted by Gasteiger charge is 2.10. The number of thiocarbonyl (C=S) groups is 1. The van der Waals surface area contributed by atoms with Crippen LogP contribution >= 0.6 is 12.2 Å². The lowest BCUT2D eigenvalue weighted by Crippen LogP contribution is -2.34. The quantitative estimate of drug-likeness (QED) is 0.833. The summed E-state index contributed by atoms with van der Waals surface area (Å²) >= 11 is 5.06. The minimum atomic E-state index is -0.372. The van der Waals surface area contributed by atoms with Crippen LogP contribution in [0.4, 0.5) is 10.1 Å². The zero-order chi connectivity index (χ0) is 15.4. The summed E-state index contributed by atoms with van der Waals surface area (Å²) in [6, 6.07) is 11.4. The van der Waals surface area contributed by atoms with Crippen LogP contribution in [-0.4, -0.2) is 11.0 Å². The van der Waals surface area contributed by atoms with Crippen LogP contribution in [0.1, 0.15) is 21.5 Å². The Morgan fingerprint density at radius 3 is 2.57 bits per heavy atom. The fourth-order valence-electron chi connectivity index (χ4n) is 1.97. The van der Waals surface area contributed by atoms with E-state index in [1.54, 1.807) is 18.2 Å². The fourth-order valence-corrected chi connectivity index (χ4v) is 2.18. The second kappa shape index (κ2) is 6.45. The summed E-state index contributed by atoms with van der Waals surface area (Å²) in [6.07, 6.45) is 0. The molecule has 0 aliphatic heterocycles. The number of aryl methyl sites for hydroxylation is 2. The maximum Gasteiger partial charge on any atom is 0.257 e. The highest BCUT2D eigenvalue weighted by atomic mass is 32.1. The Labute approximate surface area is 128 Å². The molecule has 0 aliphatic rings. The summed E-state index contributed by atoms with van der Waals surface area (Å²) in [5, 5.41) is 5.49. The van der Waals surface area contributed by atoms with Gasteiger partial charge in [-0.3, -0.25) is 10.1 Å². The fraction of sp³-hybridized carbons (Fsp3) is 0.125. The molecule has 0 unspecified atom stereocenters. The Hall–Kier alpha value is -2.27. The average Bonchev–Trinajstić information content (AvgIpc) is 2.38. The molecule has 2 rings (SSSR count). The molecule has 0 fully saturated rings. The number of rotatable bonds is 2. The molecular weight excluding hydrogens is 287 g/mol. The first-order valence-electron chi connectivity index (χ1n) is 6.41. The molecule has 0 aliphatic carbocycles. The van der Waals surface area contributed by atoms with Crippen LogP contribution in [0.2, 0.25) is 0 Å². The van der Waals surface area contributed by atoms with Gasteiger partial charge in [-0.2, -0.15) is 0 Å². The van der Waals surface area contributed by atoms with E-state index in [0.29, 0.717) is 11.3 Å². The van der Waals surface area contributed by atoms with Crippen LogP contribution in [0.3, 0.4) is 0 Å². The third-order valence-corrected chi connectivity index (χ3v) is 3.14. The van der Waals surface area contributed by atoms with E-state index in [0.717, 1.165) is 11.1 Å². The lowest BCUT2D eigenvalue weighted by Gasteiger charge is -2.11. The highest BCUT2D eigenvalue weighted by molar-refractivity contribution is 7.80. The number of nitrogens with one attached hydrogen (secondary N) is 2. The molecule has 2 aromatic rings. The summed E-state index contributed by atoms with van der Waals surface area (Å²) in [6.45, 7) is 3.83. The molecule has 3 nitrogen and oxygen atoms in total. The number of carbonyl (C=O) groups is 1. The van der Waals surface area contributed by atoms with Gasteiger partial charge in [0.25, 0.3) is 5.91 Å². The van der Waals surface area contributed by atoms with Gasteiger partial charge in [-0.05, 0) is 55.9 Å². The van der Waals surface area contributed by atoms with E-state index < -0.39 is 0 Å². The summed E-state index contributed by atoms with van der Waals surface area (Å²) in [5.41, 5.74) is 3.01. The van der Waals surface area contributed by atoms with Crippen molar-refractivity contribution in [3.8, 4) is 0 Å². The Bertz CT molecular complexity index is 700. The van der Waals surface area contributed by atoms with Crippen molar-refractivity contribution < 1.29 is 9.18 Å². The smallest absolute Gasteiger partial charge is 0.257 e. The van der Waals surface area contributed by atoms with Gasteiger partial charge in [0.15, 0.2) is 5.11 Å². The standard InChI is InChI=1S/C16H15FN2OS/c1-10-6-7-14(11(2)8-10)15(20)19-16(21)18-13-5-3-4-12(17)9-13/h3-9H,1-2H3,(H2,18,19,20,21). The van der Waals surface area contributed by atoms with Crippen molar-refractivity contribution in [3.63, 3.8) is 0 Å². The van der Waals surface area contributed by atoms with Crippen molar-refractivity contribution in [1.29, 1.82) is 0 Å². The van der Waals surface area contributed by atoms with E-state index in [-0.39, 0.29) is 16.8 Å². The van der Waals surface area contributed by atoms with E-state index in [4.69, 9.17) is 12.2 Å². The first-order valence-corrected chi connectivity index (χ1v) is 6.81. The summed E-state index contributed by atoms with van der Waals surface area (Å²) in [5.74, 6) is -0.662. The van der Waals surface area contributed by atoms with Crippen molar-refractivity contribution in [2.75, 3.05) is 5.32 Å². The number of carbonyl (C=O) groups excluding carboxylic acids is 1. The normalized spacial score (nSPS) is 10.0. The molecule has 21 heavy (non-hydrogen) atoms. The topological polar surface area (TPSA) is 41.1 Å². The Kier molecular flexibility index (Phi) is 4.65. The first-order chi connectivity index (χ1) is 9.95. The molecular formula is C16H15FN2OS. The number of halogens is 1. The maximum absolute atomic E-state index is 13.1. The Morgan fingerprint density at radius 1 is 1.14 bits per heavy atom. The molecule has 2 N–H and O–H groups in total. The second-order valence-electron chi connectivity index (χ2n) is 4.74. The number of anilines is 1. The van der Waals surface area contributed by atoms with E-state index in [1.807, 2.05) is 26.0 Å². The predicted molar refractivity (Wildman–Crippen MR) is 86.0 cm³/mol.